The van der Waals surface area contributed by atoms with Gasteiger partial charge in [0.2, 0.25) is 0 Å². The summed E-state index contributed by atoms with van der Waals surface area (Å²) >= 11 is 1.77. The lowest BCUT2D eigenvalue weighted by molar-refractivity contribution is 0.564. The molecule has 2 aromatic carbocycles. The molecule has 4 nitrogen and oxygen atoms in total. The number of hydrogen-bond donors (Lipinski definition) is 2. The van der Waals surface area contributed by atoms with Crippen molar-refractivity contribution in [2.24, 2.45) is 0 Å². The molecule has 5 heteroatoms. The van der Waals surface area contributed by atoms with E-state index in [0.717, 1.165) is 25.5 Å². The zero-order chi connectivity index (χ0) is 16.6. The van der Waals surface area contributed by atoms with Crippen molar-refractivity contribution >= 4 is 11.9 Å². The van der Waals surface area contributed by atoms with Gasteiger partial charge in [-0.05, 0) is 42.3 Å². The van der Waals surface area contributed by atoms with E-state index in [2.05, 4.69) is 81.2 Å². The summed E-state index contributed by atoms with van der Waals surface area (Å²) in [5, 5.41) is 3.41. The number of hydrogen-bond acceptors (Lipinski definition) is 4. The van der Waals surface area contributed by atoms with E-state index in [0.29, 0.717) is 0 Å². The van der Waals surface area contributed by atoms with Crippen molar-refractivity contribution in [1.29, 1.82) is 0 Å². The maximum Gasteiger partial charge on any atom is 0.120 e. The summed E-state index contributed by atoms with van der Waals surface area (Å²) in [6.07, 6.45) is 3.62. The van der Waals surface area contributed by atoms with E-state index in [4.69, 9.17) is 0 Å². The number of aromatic amines is 1. The Kier molecular flexibility index (Phi) is 6.07. The van der Waals surface area contributed by atoms with Crippen molar-refractivity contribution in [3.8, 4) is 0 Å². The second-order valence-electron chi connectivity index (χ2n) is 5.65. The molecule has 0 atom stereocenters. The maximum atomic E-state index is 4.22. The Labute approximate surface area is 147 Å². The molecule has 0 aliphatic rings. The lowest BCUT2D eigenvalue weighted by Crippen LogP contribution is -2.13. The Morgan fingerprint density at radius 3 is 2.67 bits per heavy atom. The number of imidazole rings is 1. The second kappa shape index (κ2) is 8.68. The van der Waals surface area contributed by atoms with Gasteiger partial charge in [-0.25, -0.2) is 9.29 Å². The summed E-state index contributed by atoms with van der Waals surface area (Å²) in [4.78, 5) is 8.57. The minimum absolute atomic E-state index is 0.748. The van der Waals surface area contributed by atoms with Gasteiger partial charge in [-0.1, -0.05) is 42.5 Å². The van der Waals surface area contributed by atoms with Gasteiger partial charge < -0.3 is 10.3 Å². The molecule has 0 radical (unpaired) electrons. The summed E-state index contributed by atoms with van der Waals surface area (Å²) in [6, 6.07) is 19.2. The molecule has 0 aliphatic carbocycles. The van der Waals surface area contributed by atoms with Crippen LogP contribution in [-0.4, -0.2) is 21.3 Å². The third-order valence-electron chi connectivity index (χ3n) is 3.58. The molecule has 0 saturated heterocycles. The molecule has 0 fully saturated rings. The molecule has 2 N–H and O–H groups in total. The Morgan fingerprint density at radius 2 is 1.88 bits per heavy atom. The van der Waals surface area contributed by atoms with Gasteiger partial charge in [-0.3, -0.25) is 0 Å². The number of H-pyrrole nitrogens is 1. The molecule has 1 heterocycles. The highest BCUT2D eigenvalue weighted by atomic mass is 32.2. The molecule has 3 aromatic rings. The van der Waals surface area contributed by atoms with Gasteiger partial charge in [-0.15, -0.1) is 0 Å². The smallest absolute Gasteiger partial charge is 0.120 e. The highest BCUT2D eigenvalue weighted by molar-refractivity contribution is 7.97. The van der Waals surface area contributed by atoms with Gasteiger partial charge in [0.15, 0.2) is 0 Å². The van der Waals surface area contributed by atoms with Crippen LogP contribution >= 0.6 is 11.9 Å². The summed E-state index contributed by atoms with van der Waals surface area (Å²) in [6.45, 7) is 2.50. The second-order valence-corrected chi connectivity index (χ2v) is 6.93. The first-order valence-corrected chi connectivity index (χ1v) is 8.78. The van der Waals surface area contributed by atoms with Gasteiger partial charge in [0.1, 0.15) is 5.82 Å². The van der Waals surface area contributed by atoms with E-state index in [-0.39, 0.29) is 0 Å². The first-order valence-electron chi connectivity index (χ1n) is 8.00. The highest BCUT2D eigenvalue weighted by Gasteiger charge is 2.04. The van der Waals surface area contributed by atoms with E-state index in [9.17, 15) is 0 Å². The molecule has 0 saturated carbocycles. The van der Waals surface area contributed by atoms with Gasteiger partial charge >= 0.3 is 0 Å². The van der Waals surface area contributed by atoms with Crippen LogP contribution in [-0.2, 0) is 19.6 Å². The van der Waals surface area contributed by atoms with Crippen LogP contribution in [0, 0.1) is 0 Å². The Hall–Kier alpha value is -2.08. The largest absolute Gasteiger partial charge is 0.348 e. The monoisotopic (exact) mass is 338 g/mol. The van der Waals surface area contributed by atoms with Gasteiger partial charge in [0, 0.05) is 30.4 Å². The van der Waals surface area contributed by atoms with E-state index >= 15 is 0 Å². The molecule has 0 bridgehead atoms. The zero-order valence-electron chi connectivity index (χ0n) is 13.8. The molecule has 24 heavy (non-hydrogen) atoms. The first-order chi connectivity index (χ1) is 11.8. The Balaban J connectivity index is 1.50. The third-order valence-corrected chi connectivity index (χ3v) is 4.49. The van der Waals surface area contributed by atoms with E-state index in [1.807, 2.05) is 6.20 Å². The van der Waals surface area contributed by atoms with Crippen LogP contribution in [0.25, 0.3) is 0 Å². The van der Waals surface area contributed by atoms with Crippen molar-refractivity contribution in [3.63, 3.8) is 0 Å². The number of rotatable bonds is 8. The number of benzene rings is 2. The normalized spacial score (nSPS) is 11.1. The van der Waals surface area contributed by atoms with Crippen molar-refractivity contribution in [3.05, 3.63) is 83.9 Å². The molecule has 3 rings (SSSR count). The van der Waals surface area contributed by atoms with Crippen molar-refractivity contribution in [2.75, 3.05) is 7.05 Å². The van der Waals surface area contributed by atoms with Crippen LogP contribution in [0.4, 0.5) is 0 Å². The summed E-state index contributed by atoms with van der Waals surface area (Å²) < 4.78 is 2.25. The lowest BCUT2D eigenvalue weighted by atomic mass is 10.2. The maximum absolute atomic E-state index is 4.22. The van der Waals surface area contributed by atoms with Crippen molar-refractivity contribution in [1.82, 2.24) is 19.6 Å². The van der Waals surface area contributed by atoms with Crippen LogP contribution in [0.1, 0.15) is 17.0 Å². The zero-order valence-corrected chi connectivity index (χ0v) is 14.6. The molecular weight excluding hydrogens is 316 g/mol. The van der Waals surface area contributed by atoms with Crippen molar-refractivity contribution in [2.45, 2.75) is 24.5 Å². The average molecular weight is 338 g/mol. The Morgan fingerprint density at radius 1 is 1.04 bits per heavy atom. The fraction of sp³-hybridized carbons (Fsp3) is 0.211. The quantitative estimate of drug-likeness (QED) is 0.613. The van der Waals surface area contributed by atoms with Gasteiger partial charge in [-0.2, -0.15) is 0 Å². The standard InChI is InChI=1S/C19H22N4S/c1-23(15-16-6-3-2-4-7-16)24-18-9-5-8-17(12-18)13-20-14-19-21-10-11-22-19/h2-12,20H,13-15H2,1H3,(H,21,22). The van der Waals surface area contributed by atoms with Crippen LogP contribution in [0.3, 0.4) is 0 Å². The van der Waals surface area contributed by atoms with Gasteiger partial charge in [0.25, 0.3) is 0 Å². The van der Waals surface area contributed by atoms with Crippen molar-refractivity contribution < 1.29 is 0 Å². The first kappa shape index (κ1) is 16.8. The summed E-state index contributed by atoms with van der Waals surface area (Å²) in [5.74, 6) is 0.961. The SMILES string of the molecule is CN(Cc1ccccc1)Sc1cccc(CNCc2ncc[nH]2)c1. The number of aromatic nitrogens is 2. The van der Waals surface area contributed by atoms with Crippen LogP contribution < -0.4 is 5.32 Å². The predicted octanol–water partition coefficient (Wildman–Crippen LogP) is 3.84. The highest BCUT2D eigenvalue weighted by Crippen LogP contribution is 2.23. The molecule has 124 valence electrons. The molecule has 1 aromatic heterocycles. The fourth-order valence-electron chi connectivity index (χ4n) is 2.48. The molecule has 0 spiro atoms. The fourth-order valence-corrected chi connectivity index (χ4v) is 3.40. The van der Waals surface area contributed by atoms with Crippen LogP contribution in [0.15, 0.2) is 71.9 Å². The molecule has 0 aliphatic heterocycles. The molecule has 0 unspecified atom stereocenters. The van der Waals surface area contributed by atoms with Gasteiger partial charge in [0.05, 0.1) is 6.54 Å². The molecule has 0 amide bonds. The van der Waals surface area contributed by atoms with E-state index in [1.165, 1.54) is 16.0 Å². The van der Waals surface area contributed by atoms with Crippen LogP contribution in [0.2, 0.25) is 0 Å². The lowest BCUT2D eigenvalue weighted by Gasteiger charge is -2.16. The molecular formula is C19H22N4S. The van der Waals surface area contributed by atoms with E-state index in [1.54, 1.807) is 18.1 Å². The average Bonchev–Trinajstić information content (AvgIpc) is 3.09. The topological polar surface area (TPSA) is 44.0 Å². The minimum Gasteiger partial charge on any atom is -0.348 e. The summed E-state index contributed by atoms with van der Waals surface area (Å²) in [5.41, 5.74) is 2.60. The van der Waals surface area contributed by atoms with E-state index < -0.39 is 0 Å². The summed E-state index contributed by atoms with van der Waals surface area (Å²) in [7, 11) is 2.12. The third kappa shape index (κ3) is 5.23. The van der Waals surface area contributed by atoms with Crippen LogP contribution in [0.5, 0.6) is 0 Å². The predicted molar refractivity (Wildman–Crippen MR) is 99.3 cm³/mol. The minimum atomic E-state index is 0.748. The number of nitrogens with one attached hydrogen (secondary N) is 2. The number of nitrogens with zero attached hydrogens (tertiary/aromatic N) is 2. The Bertz CT molecular complexity index is 728.